The van der Waals surface area contributed by atoms with Crippen molar-refractivity contribution in [2.45, 2.75) is 39.2 Å². The van der Waals surface area contributed by atoms with Crippen molar-refractivity contribution in [3.63, 3.8) is 0 Å². The summed E-state index contributed by atoms with van der Waals surface area (Å²) in [7, 11) is 1.84. The fraction of sp³-hybridized carbons (Fsp3) is 0.533. The third-order valence-electron chi connectivity index (χ3n) is 3.59. The fourth-order valence-corrected chi connectivity index (χ4v) is 1.60. The van der Waals surface area contributed by atoms with Crippen molar-refractivity contribution in [2.24, 2.45) is 0 Å². The summed E-state index contributed by atoms with van der Waals surface area (Å²) in [5, 5.41) is 0. The molecule has 1 amide bonds. The second kappa shape index (κ2) is 6.45. The molecular formula is C15H24N2O2. The van der Waals surface area contributed by atoms with Gasteiger partial charge in [0.05, 0.1) is 13.0 Å². The Morgan fingerprint density at radius 2 is 2.11 bits per heavy atom. The highest BCUT2D eigenvalue weighted by Gasteiger charge is 2.25. The molecule has 0 heterocycles. The lowest BCUT2D eigenvalue weighted by atomic mass is 10.00. The van der Waals surface area contributed by atoms with E-state index in [4.69, 9.17) is 10.5 Å². The van der Waals surface area contributed by atoms with Crippen molar-refractivity contribution in [3.8, 4) is 5.75 Å². The molecule has 0 saturated carbocycles. The Labute approximate surface area is 115 Å². The number of hydrogen-bond donors (Lipinski definition) is 1. The lowest BCUT2D eigenvalue weighted by Gasteiger charge is -2.34. The standard InChI is InChI=1S/C15H24N2O2/c1-5-15(2,3)17(4)14(18)9-10-19-13-8-6-7-12(16)11-13/h6-8,11H,5,9-10,16H2,1-4H3. The Morgan fingerprint density at radius 1 is 1.42 bits per heavy atom. The zero-order valence-corrected chi connectivity index (χ0v) is 12.3. The molecule has 1 rings (SSSR count). The number of anilines is 1. The summed E-state index contributed by atoms with van der Waals surface area (Å²) in [5.41, 5.74) is 6.20. The van der Waals surface area contributed by atoms with Crippen LogP contribution >= 0.6 is 0 Å². The fourth-order valence-electron chi connectivity index (χ4n) is 1.60. The number of carbonyl (C=O) groups is 1. The molecule has 0 aliphatic carbocycles. The van der Waals surface area contributed by atoms with E-state index < -0.39 is 0 Å². The summed E-state index contributed by atoms with van der Waals surface area (Å²) < 4.78 is 5.53. The number of nitrogens with two attached hydrogens (primary N) is 1. The van der Waals surface area contributed by atoms with Crippen molar-refractivity contribution in [1.29, 1.82) is 0 Å². The van der Waals surface area contributed by atoms with Crippen molar-refractivity contribution in [3.05, 3.63) is 24.3 Å². The van der Waals surface area contributed by atoms with Gasteiger partial charge in [0, 0.05) is 24.3 Å². The first kappa shape index (κ1) is 15.3. The molecule has 0 aromatic heterocycles. The van der Waals surface area contributed by atoms with Gasteiger partial charge in [0.2, 0.25) is 5.91 Å². The maximum absolute atomic E-state index is 12.0. The minimum atomic E-state index is -0.117. The predicted molar refractivity (Wildman–Crippen MR) is 78.1 cm³/mol. The molecule has 2 N–H and O–H groups in total. The molecule has 0 radical (unpaired) electrons. The van der Waals surface area contributed by atoms with Gasteiger partial charge in [-0.2, -0.15) is 0 Å². The van der Waals surface area contributed by atoms with Gasteiger partial charge in [-0.25, -0.2) is 0 Å². The number of hydrogen-bond acceptors (Lipinski definition) is 3. The highest BCUT2D eigenvalue weighted by atomic mass is 16.5. The zero-order chi connectivity index (χ0) is 14.5. The molecule has 19 heavy (non-hydrogen) atoms. The predicted octanol–water partition coefficient (Wildman–Crippen LogP) is 2.68. The molecule has 0 bridgehead atoms. The highest BCUT2D eigenvalue weighted by molar-refractivity contribution is 5.76. The first-order valence-corrected chi connectivity index (χ1v) is 6.62. The molecular weight excluding hydrogens is 240 g/mol. The average Bonchev–Trinajstić information content (AvgIpc) is 2.37. The summed E-state index contributed by atoms with van der Waals surface area (Å²) in [6.07, 6.45) is 1.29. The first-order valence-electron chi connectivity index (χ1n) is 6.62. The van der Waals surface area contributed by atoms with Gasteiger partial charge in [-0.05, 0) is 32.4 Å². The molecule has 0 atom stereocenters. The number of amides is 1. The van der Waals surface area contributed by atoms with E-state index >= 15 is 0 Å². The normalized spacial score (nSPS) is 11.2. The molecule has 0 aliphatic heterocycles. The lowest BCUT2D eigenvalue weighted by molar-refractivity contribution is -0.135. The number of carbonyl (C=O) groups excluding carboxylic acids is 1. The minimum Gasteiger partial charge on any atom is -0.493 e. The van der Waals surface area contributed by atoms with Crippen molar-refractivity contribution in [2.75, 3.05) is 19.4 Å². The molecule has 0 aliphatic rings. The minimum absolute atomic E-state index is 0.0933. The number of nitrogen functional groups attached to an aromatic ring is 1. The molecule has 1 aromatic rings. The van der Waals surface area contributed by atoms with E-state index in [1.165, 1.54) is 0 Å². The third kappa shape index (κ3) is 4.47. The third-order valence-corrected chi connectivity index (χ3v) is 3.59. The monoisotopic (exact) mass is 264 g/mol. The number of ether oxygens (including phenoxy) is 1. The maximum Gasteiger partial charge on any atom is 0.226 e. The topological polar surface area (TPSA) is 55.6 Å². The van der Waals surface area contributed by atoms with Crippen molar-refractivity contribution >= 4 is 11.6 Å². The van der Waals surface area contributed by atoms with Crippen molar-refractivity contribution in [1.82, 2.24) is 4.90 Å². The first-order chi connectivity index (χ1) is 8.86. The zero-order valence-electron chi connectivity index (χ0n) is 12.3. The summed E-state index contributed by atoms with van der Waals surface area (Å²) >= 11 is 0. The average molecular weight is 264 g/mol. The van der Waals surface area contributed by atoms with E-state index in [1.54, 1.807) is 17.0 Å². The van der Waals surface area contributed by atoms with Gasteiger partial charge in [0.1, 0.15) is 5.75 Å². The maximum atomic E-state index is 12.0. The van der Waals surface area contributed by atoms with Crippen LogP contribution in [0.25, 0.3) is 0 Å². The van der Waals surface area contributed by atoms with Crippen LogP contribution in [0, 0.1) is 0 Å². The molecule has 0 saturated heterocycles. The Balaban J connectivity index is 2.43. The van der Waals surface area contributed by atoms with Gasteiger partial charge in [0.25, 0.3) is 0 Å². The van der Waals surface area contributed by atoms with Gasteiger partial charge < -0.3 is 15.4 Å². The van der Waals surface area contributed by atoms with Crippen LogP contribution in [0.2, 0.25) is 0 Å². The van der Waals surface area contributed by atoms with Crippen molar-refractivity contribution < 1.29 is 9.53 Å². The summed E-state index contributed by atoms with van der Waals surface area (Å²) in [6, 6.07) is 7.22. The van der Waals surface area contributed by atoms with Gasteiger partial charge in [-0.1, -0.05) is 13.0 Å². The van der Waals surface area contributed by atoms with Crippen LogP contribution in [-0.4, -0.2) is 30.0 Å². The van der Waals surface area contributed by atoms with Crippen LogP contribution in [0.1, 0.15) is 33.6 Å². The van der Waals surface area contributed by atoms with E-state index in [0.717, 1.165) is 6.42 Å². The second-order valence-electron chi connectivity index (χ2n) is 5.29. The summed E-state index contributed by atoms with van der Waals surface area (Å²) in [4.78, 5) is 13.8. The van der Waals surface area contributed by atoms with E-state index in [1.807, 2.05) is 19.2 Å². The van der Waals surface area contributed by atoms with Crippen LogP contribution in [0.3, 0.4) is 0 Å². The molecule has 4 heteroatoms. The number of nitrogens with zero attached hydrogens (tertiary/aromatic N) is 1. The SMILES string of the molecule is CCC(C)(C)N(C)C(=O)CCOc1cccc(N)c1. The molecule has 0 fully saturated rings. The van der Waals surface area contributed by atoms with Gasteiger partial charge >= 0.3 is 0 Å². The lowest BCUT2D eigenvalue weighted by Crippen LogP contribution is -2.44. The van der Waals surface area contributed by atoms with Crippen LogP contribution < -0.4 is 10.5 Å². The Kier molecular flexibility index (Phi) is 5.21. The summed E-state index contributed by atoms with van der Waals surface area (Å²) in [5.74, 6) is 0.793. The van der Waals surface area contributed by atoms with Gasteiger partial charge in [-0.3, -0.25) is 4.79 Å². The largest absolute Gasteiger partial charge is 0.493 e. The van der Waals surface area contributed by atoms with E-state index in [9.17, 15) is 4.79 Å². The molecule has 106 valence electrons. The van der Waals surface area contributed by atoms with Gasteiger partial charge in [0.15, 0.2) is 0 Å². The molecule has 0 unspecified atom stereocenters. The Bertz CT molecular complexity index is 430. The molecule has 1 aromatic carbocycles. The number of benzene rings is 1. The van der Waals surface area contributed by atoms with Crippen LogP contribution in [0.5, 0.6) is 5.75 Å². The highest BCUT2D eigenvalue weighted by Crippen LogP contribution is 2.18. The Morgan fingerprint density at radius 3 is 2.68 bits per heavy atom. The smallest absolute Gasteiger partial charge is 0.226 e. The van der Waals surface area contributed by atoms with Crippen LogP contribution in [-0.2, 0) is 4.79 Å². The van der Waals surface area contributed by atoms with E-state index in [2.05, 4.69) is 20.8 Å². The molecule has 4 nitrogen and oxygen atoms in total. The van der Waals surface area contributed by atoms with Crippen LogP contribution in [0.4, 0.5) is 5.69 Å². The molecule has 0 spiro atoms. The summed E-state index contributed by atoms with van der Waals surface area (Å²) in [6.45, 7) is 6.56. The number of rotatable bonds is 6. The quantitative estimate of drug-likeness (QED) is 0.804. The second-order valence-corrected chi connectivity index (χ2v) is 5.29. The van der Waals surface area contributed by atoms with E-state index in [-0.39, 0.29) is 11.4 Å². The van der Waals surface area contributed by atoms with Crippen LogP contribution in [0.15, 0.2) is 24.3 Å². The Hall–Kier alpha value is -1.71. The van der Waals surface area contributed by atoms with Gasteiger partial charge in [-0.15, -0.1) is 0 Å². The van der Waals surface area contributed by atoms with E-state index in [0.29, 0.717) is 24.5 Å².